The first-order chi connectivity index (χ1) is 20.6. The second-order valence-electron chi connectivity index (χ2n) is 10.5. The number of ether oxygens (including phenoxy) is 4. The highest BCUT2D eigenvalue weighted by molar-refractivity contribution is 7.90. The molecule has 2 saturated heterocycles. The maximum absolute atomic E-state index is 12.3. The maximum Gasteiger partial charge on any atom is 0.270 e. The third-order valence-corrected chi connectivity index (χ3v) is 8.47. The number of sulfone groups is 1. The van der Waals surface area contributed by atoms with Gasteiger partial charge in [-0.2, -0.15) is 5.11 Å². The van der Waals surface area contributed by atoms with Crippen molar-refractivity contribution < 1.29 is 42.1 Å². The van der Waals surface area contributed by atoms with E-state index in [0.717, 1.165) is 17.9 Å². The summed E-state index contributed by atoms with van der Waals surface area (Å²) in [6.45, 7) is 1.98. The number of non-ortho nitro benzene ring substituents is 1. The van der Waals surface area contributed by atoms with Crippen molar-refractivity contribution in [2.75, 3.05) is 45.9 Å². The van der Waals surface area contributed by atoms with Crippen molar-refractivity contribution in [2.24, 2.45) is 10.2 Å². The van der Waals surface area contributed by atoms with Gasteiger partial charge >= 0.3 is 0 Å². The lowest BCUT2D eigenvalue weighted by Gasteiger charge is -2.28. The Morgan fingerprint density at radius 1 is 0.977 bits per heavy atom. The fourth-order valence-electron chi connectivity index (χ4n) is 5.08. The van der Waals surface area contributed by atoms with Crippen molar-refractivity contribution in [3.63, 3.8) is 0 Å². The van der Waals surface area contributed by atoms with Crippen molar-refractivity contribution in [1.82, 2.24) is 0 Å². The molecule has 4 atom stereocenters. The van der Waals surface area contributed by atoms with E-state index in [9.17, 15) is 29.2 Å². The molecule has 4 unspecified atom stereocenters. The second-order valence-corrected chi connectivity index (χ2v) is 12.5. The van der Waals surface area contributed by atoms with Gasteiger partial charge in [-0.1, -0.05) is 18.2 Å². The Bertz CT molecular complexity index is 1400. The number of aliphatic hydroxyl groups excluding tert-OH is 1. The number of azo groups is 1. The summed E-state index contributed by atoms with van der Waals surface area (Å²) in [5.41, 5.74) is 12.1. The molecule has 2 aliphatic heterocycles. The van der Waals surface area contributed by atoms with E-state index >= 15 is 0 Å². The van der Waals surface area contributed by atoms with Crippen LogP contribution in [-0.2, 0) is 35.2 Å². The average Bonchev–Trinajstić information content (AvgIpc) is 3.02. The van der Waals surface area contributed by atoms with Crippen LogP contribution in [0, 0.1) is 10.1 Å². The number of nitro groups is 1. The molecule has 1 N–H and O–H groups in total. The van der Waals surface area contributed by atoms with Gasteiger partial charge in [-0.25, -0.2) is 8.42 Å². The van der Waals surface area contributed by atoms with Gasteiger partial charge in [0, 0.05) is 50.5 Å². The van der Waals surface area contributed by atoms with Gasteiger partial charge in [0.25, 0.3) is 5.69 Å². The highest BCUT2D eigenvalue weighted by Crippen LogP contribution is 2.32. The molecule has 0 saturated carbocycles. The molecule has 2 aromatic carbocycles. The number of rotatable bonds is 6. The number of aliphatic hydroxyl groups is 1. The summed E-state index contributed by atoms with van der Waals surface area (Å²) in [4.78, 5) is 10.2. The molecule has 15 heteroatoms. The molecular formula is C28H37N5O9S. The Hall–Kier alpha value is -3.21. The molecule has 43 heavy (non-hydrogen) atoms. The molecule has 14 nitrogen and oxygen atoms in total. The Morgan fingerprint density at radius 3 is 2.37 bits per heavy atom. The first-order valence-corrected chi connectivity index (χ1v) is 16.0. The zero-order chi connectivity index (χ0) is 30.8. The minimum Gasteiger partial charge on any atom is -0.506 e. The summed E-state index contributed by atoms with van der Waals surface area (Å²) >= 11 is 0. The summed E-state index contributed by atoms with van der Waals surface area (Å²) in [5.74, 6) is 0. The van der Waals surface area contributed by atoms with Gasteiger partial charge in [0.1, 0.15) is 22.7 Å². The van der Waals surface area contributed by atoms with Crippen LogP contribution in [-0.4, -0.2) is 93.5 Å². The van der Waals surface area contributed by atoms with E-state index in [4.69, 9.17) is 18.9 Å². The van der Waals surface area contributed by atoms with Crippen LogP contribution in [0.5, 0.6) is 0 Å². The number of fused-ring (bicyclic) bond motifs is 2. The average molecular weight is 620 g/mol. The minimum atomic E-state index is -3.83. The van der Waals surface area contributed by atoms with E-state index in [1.807, 2.05) is 12.1 Å². The lowest BCUT2D eigenvalue weighted by molar-refractivity contribution is -0.625. The fourth-order valence-corrected chi connectivity index (χ4v) is 5.90. The summed E-state index contributed by atoms with van der Waals surface area (Å²) in [6, 6.07) is 9.94. The molecule has 0 aliphatic carbocycles. The third kappa shape index (κ3) is 9.64. The zero-order valence-electron chi connectivity index (χ0n) is 24.0. The van der Waals surface area contributed by atoms with Crippen LogP contribution in [0.1, 0.15) is 31.2 Å². The predicted octanol–water partition coefficient (Wildman–Crippen LogP) is 4.07. The molecule has 2 aromatic rings. The van der Waals surface area contributed by atoms with Crippen LogP contribution in [0.15, 0.2) is 57.6 Å². The van der Waals surface area contributed by atoms with Crippen LogP contribution in [0.25, 0.3) is 5.53 Å². The van der Waals surface area contributed by atoms with Gasteiger partial charge < -0.3 is 34.3 Å². The van der Waals surface area contributed by atoms with Crippen LogP contribution >= 0.6 is 0 Å². The summed E-state index contributed by atoms with van der Waals surface area (Å²) in [6.07, 6.45) is 1.71. The highest BCUT2D eigenvalue weighted by atomic mass is 32.2. The smallest absolute Gasteiger partial charge is 0.270 e. The maximum atomic E-state index is 12.3. The summed E-state index contributed by atoms with van der Waals surface area (Å²) < 4.78 is 49.0. The van der Waals surface area contributed by atoms with Crippen molar-refractivity contribution >= 4 is 26.9 Å². The summed E-state index contributed by atoms with van der Waals surface area (Å²) in [7, 11) is -3.83. The van der Waals surface area contributed by atoms with E-state index in [0.29, 0.717) is 64.2 Å². The molecule has 0 spiro atoms. The van der Waals surface area contributed by atoms with Gasteiger partial charge in [0.05, 0.1) is 56.4 Å². The van der Waals surface area contributed by atoms with Gasteiger partial charge in [-0.05, 0) is 17.7 Å². The van der Waals surface area contributed by atoms with Gasteiger partial charge in [-0.15, -0.1) is 5.11 Å². The highest BCUT2D eigenvalue weighted by Gasteiger charge is 2.30. The predicted molar refractivity (Wildman–Crippen MR) is 154 cm³/mol. The number of nitrogens with zero attached hydrogens (tertiary/aromatic N) is 5. The van der Waals surface area contributed by atoms with Gasteiger partial charge in [-0.3, -0.25) is 10.1 Å². The van der Waals surface area contributed by atoms with E-state index < -0.39 is 27.2 Å². The van der Waals surface area contributed by atoms with E-state index in [-0.39, 0.29) is 41.6 Å². The molecule has 234 valence electrons. The fraction of sp³-hybridized carbons (Fsp3) is 0.571. The van der Waals surface area contributed by atoms with Gasteiger partial charge in [0.2, 0.25) is 0 Å². The van der Waals surface area contributed by atoms with E-state index in [1.54, 1.807) is 12.1 Å². The molecule has 2 heterocycles. The van der Waals surface area contributed by atoms with Crippen LogP contribution in [0.4, 0.5) is 17.1 Å². The topological polar surface area (TPSA) is 184 Å². The van der Waals surface area contributed by atoms with Crippen LogP contribution in [0.2, 0.25) is 0 Å². The molecule has 0 amide bonds. The Balaban J connectivity index is 1.61. The van der Waals surface area contributed by atoms with Crippen LogP contribution in [0.3, 0.4) is 0 Å². The second kappa shape index (κ2) is 15.5. The normalized spacial score (nSPS) is 25.0. The molecule has 2 fully saturated rings. The number of benzene rings is 2. The Labute approximate surface area is 250 Å². The van der Waals surface area contributed by atoms with E-state index in [1.165, 1.54) is 16.8 Å². The minimum absolute atomic E-state index is 0.0299. The zero-order valence-corrected chi connectivity index (χ0v) is 24.8. The van der Waals surface area contributed by atoms with Crippen molar-refractivity contribution in [2.45, 2.75) is 61.5 Å². The van der Waals surface area contributed by atoms with E-state index in [2.05, 4.69) is 10.2 Å². The van der Waals surface area contributed by atoms with Crippen molar-refractivity contribution in [1.29, 1.82) is 0 Å². The van der Waals surface area contributed by atoms with Gasteiger partial charge in [0.15, 0.2) is 16.1 Å². The number of hydrogen-bond acceptors (Lipinski definition) is 11. The van der Waals surface area contributed by atoms with Crippen molar-refractivity contribution in [3.05, 3.63) is 63.7 Å². The first kappa shape index (κ1) is 32.7. The molecule has 2 aliphatic rings. The van der Waals surface area contributed by atoms with Crippen LogP contribution < -0.4 is 0 Å². The Morgan fingerprint density at radius 2 is 1.65 bits per heavy atom. The molecule has 0 aromatic heterocycles. The Kier molecular flexibility index (Phi) is 11.8. The van der Waals surface area contributed by atoms with Crippen molar-refractivity contribution in [3.8, 4) is 0 Å². The quantitative estimate of drug-likeness (QED) is 0.215. The standard InChI is InChI=1S/C28H37N5O9S/c1-43(37,38)27-18-23(33(35)36)6-7-26(27)31-30-25-5-3-2-4-20(25)16-24-17-22-9-12-40-15-14-39-11-8-21(32(22)29)10-13-41-28(34)19-42-24/h2-7,18,21-22,24,28,34H,8-17,19H2,1H3/b31-30+. The number of nitro benzene ring substituents is 1. The monoisotopic (exact) mass is 619 g/mol. The molecule has 2 bridgehead atoms. The largest absolute Gasteiger partial charge is 0.506 e. The molecular weight excluding hydrogens is 582 g/mol. The first-order valence-electron chi connectivity index (χ1n) is 14.1. The lowest BCUT2D eigenvalue weighted by Crippen LogP contribution is -2.38. The molecule has 0 radical (unpaired) electrons. The SMILES string of the molecule is CS(=O)(=O)c1cc([N+](=O)[O-])ccc1/N=N/c1ccccc1CC1CC2CCOCCOCCC(CCOC(O)CO1)[N+]2=[N-]. The number of hydrogen-bond donors (Lipinski definition) is 1. The lowest BCUT2D eigenvalue weighted by atomic mass is 9.97. The summed E-state index contributed by atoms with van der Waals surface area (Å²) in [5, 5.41) is 30.0. The third-order valence-electron chi connectivity index (χ3n) is 7.34. The molecule has 4 rings (SSSR count).